The van der Waals surface area contributed by atoms with Gasteiger partial charge in [0.15, 0.2) is 0 Å². The van der Waals surface area contributed by atoms with Crippen LogP contribution in [-0.2, 0) is 4.74 Å². The van der Waals surface area contributed by atoms with Crippen molar-refractivity contribution in [2.75, 3.05) is 13.2 Å². The molecule has 0 aromatic carbocycles. The number of ether oxygens (including phenoxy) is 1. The van der Waals surface area contributed by atoms with Crippen LogP contribution < -0.4 is 0 Å². The van der Waals surface area contributed by atoms with Gasteiger partial charge in [-0.05, 0) is 6.42 Å². The van der Waals surface area contributed by atoms with E-state index in [1.54, 1.807) is 0 Å². The third-order valence-electron chi connectivity index (χ3n) is 1.82. The van der Waals surface area contributed by atoms with Crippen LogP contribution in [0.3, 0.4) is 0 Å². The van der Waals surface area contributed by atoms with Gasteiger partial charge in [-0.3, -0.25) is 0 Å². The third-order valence-corrected chi connectivity index (χ3v) is 1.82. The predicted octanol–water partition coefficient (Wildman–Crippen LogP) is 0.794. The van der Waals surface area contributed by atoms with Crippen molar-refractivity contribution < 1.29 is 9.84 Å². The zero-order chi connectivity index (χ0) is 6.69. The fourth-order valence-corrected chi connectivity index (χ4v) is 1.23. The van der Waals surface area contributed by atoms with Crippen molar-refractivity contribution in [2.45, 2.75) is 25.9 Å². The Kier molecular flexibility index (Phi) is 2.49. The van der Waals surface area contributed by atoms with Gasteiger partial charge in [0.1, 0.15) is 0 Å². The molecule has 2 heteroatoms. The topological polar surface area (TPSA) is 29.5 Å². The van der Waals surface area contributed by atoms with Gasteiger partial charge >= 0.3 is 0 Å². The molecule has 0 aliphatic carbocycles. The lowest BCUT2D eigenvalue weighted by Gasteiger charge is -2.08. The molecule has 1 aliphatic rings. The first-order valence-electron chi connectivity index (χ1n) is 3.60. The quantitative estimate of drug-likeness (QED) is 0.599. The summed E-state index contributed by atoms with van der Waals surface area (Å²) in [6.07, 6.45) is 2.05. The Bertz CT molecular complexity index is 83.0. The fourth-order valence-electron chi connectivity index (χ4n) is 1.23. The Morgan fingerprint density at radius 2 is 2.33 bits per heavy atom. The standard InChI is InChI=1S/C7H14O2/c1-2-3-6-4-9-5-7(6)8/h6-8H,2-5H2,1H3. The van der Waals surface area contributed by atoms with Crippen LogP contribution in [0, 0.1) is 5.92 Å². The monoisotopic (exact) mass is 130 g/mol. The van der Waals surface area contributed by atoms with Gasteiger partial charge in [-0.25, -0.2) is 0 Å². The van der Waals surface area contributed by atoms with Crippen LogP contribution in [-0.4, -0.2) is 24.4 Å². The molecule has 0 aromatic heterocycles. The Balaban J connectivity index is 2.22. The molecule has 1 rings (SSSR count). The van der Waals surface area contributed by atoms with Gasteiger partial charge in [-0.15, -0.1) is 0 Å². The van der Waals surface area contributed by atoms with Gasteiger partial charge in [-0.2, -0.15) is 0 Å². The molecule has 2 atom stereocenters. The second-order valence-electron chi connectivity index (χ2n) is 2.65. The van der Waals surface area contributed by atoms with E-state index in [4.69, 9.17) is 4.74 Å². The van der Waals surface area contributed by atoms with E-state index in [9.17, 15) is 5.11 Å². The smallest absolute Gasteiger partial charge is 0.0823 e. The number of hydrogen-bond donors (Lipinski definition) is 1. The highest BCUT2D eigenvalue weighted by atomic mass is 16.5. The van der Waals surface area contributed by atoms with Crippen LogP contribution in [0.5, 0.6) is 0 Å². The zero-order valence-corrected chi connectivity index (χ0v) is 5.84. The van der Waals surface area contributed by atoms with Crippen molar-refractivity contribution in [3.63, 3.8) is 0 Å². The highest BCUT2D eigenvalue weighted by Gasteiger charge is 2.24. The first-order chi connectivity index (χ1) is 4.34. The summed E-state index contributed by atoms with van der Waals surface area (Å²) < 4.78 is 5.07. The van der Waals surface area contributed by atoms with Crippen molar-refractivity contribution in [2.24, 2.45) is 5.92 Å². The van der Waals surface area contributed by atoms with Crippen molar-refractivity contribution in [1.82, 2.24) is 0 Å². The first kappa shape index (κ1) is 7.03. The largest absolute Gasteiger partial charge is 0.390 e. The lowest BCUT2D eigenvalue weighted by Crippen LogP contribution is -2.16. The molecule has 2 nitrogen and oxygen atoms in total. The molecule has 1 N–H and O–H groups in total. The molecule has 2 unspecified atom stereocenters. The molecule has 1 fully saturated rings. The highest BCUT2D eigenvalue weighted by molar-refractivity contribution is 4.72. The molecular weight excluding hydrogens is 116 g/mol. The summed E-state index contributed by atoms with van der Waals surface area (Å²) in [6.45, 7) is 3.44. The lowest BCUT2D eigenvalue weighted by molar-refractivity contribution is 0.117. The van der Waals surface area contributed by atoms with E-state index in [0.29, 0.717) is 12.5 Å². The fraction of sp³-hybridized carbons (Fsp3) is 1.00. The maximum absolute atomic E-state index is 9.20. The van der Waals surface area contributed by atoms with Crippen LogP contribution in [0.1, 0.15) is 19.8 Å². The first-order valence-corrected chi connectivity index (χ1v) is 3.60. The summed E-state index contributed by atoms with van der Waals surface area (Å²) in [5, 5.41) is 9.20. The Morgan fingerprint density at radius 3 is 2.78 bits per heavy atom. The minimum absolute atomic E-state index is 0.190. The van der Waals surface area contributed by atoms with Crippen LogP contribution >= 0.6 is 0 Å². The summed E-state index contributed by atoms with van der Waals surface area (Å²) in [5.74, 6) is 0.412. The molecule has 1 saturated heterocycles. The van der Waals surface area contributed by atoms with E-state index in [2.05, 4.69) is 6.92 Å². The van der Waals surface area contributed by atoms with E-state index in [-0.39, 0.29) is 6.10 Å². The molecule has 9 heavy (non-hydrogen) atoms. The van der Waals surface area contributed by atoms with Gasteiger partial charge in [0.05, 0.1) is 19.3 Å². The van der Waals surface area contributed by atoms with Crippen molar-refractivity contribution >= 4 is 0 Å². The van der Waals surface area contributed by atoms with Crippen molar-refractivity contribution in [1.29, 1.82) is 0 Å². The molecule has 0 aromatic rings. The maximum atomic E-state index is 9.20. The van der Waals surface area contributed by atoms with Gasteiger partial charge in [-0.1, -0.05) is 13.3 Å². The lowest BCUT2D eigenvalue weighted by atomic mass is 10.0. The summed E-state index contributed by atoms with van der Waals surface area (Å²) >= 11 is 0. The number of aliphatic hydroxyl groups is 1. The summed E-state index contributed by atoms with van der Waals surface area (Å²) in [4.78, 5) is 0. The summed E-state index contributed by atoms with van der Waals surface area (Å²) in [7, 11) is 0. The van der Waals surface area contributed by atoms with E-state index in [0.717, 1.165) is 19.4 Å². The molecular formula is C7H14O2. The van der Waals surface area contributed by atoms with Crippen molar-refractivity contribution in [3.05, 3.63) is 0 Å². The number of aliphatic hydroxyl groups excluding tert-OH is 1. The number of rotatable bonds is 2. The summed E-state index contributed by atoms with van der Waals surface area (Å²) in [6, 6.07) is 0. The SMILES string of the molecule is CCCC1COCC1O. The van der Waals surface area contributed by atoms with E-state index < -0.39 is 0 Å². The molecule has 0 amide bonds. The summed E-state index contributed by atoms with van der Waals surface area (Å²) in [5.41, 5.74) is 0. The van der Waals surface area contributed by atoms with E-state index in [1.807, 2.05) is 0 Å². The second-order valence-corrected chi connectivity index (χ2v) is 2.65. The zero-order valence-electron chi connectivity index (χ0n) is 5.84. The van der Waals surface area contributed by atoms with Crippen molar-refractivity contribution in [3.8, 4) is 0 Å². The Labute approximate surface area is 55.8 Å². The molecule has 0 spiro atoms. The van der Waals surface area contributed by atoms with Gasteiger partial charge < -0.3 is 9.84 Å². The Morgan fingerprint density at radius 1 is 1.56 bits per heavy atom. The minimum Gasteiger partial charge on any atom is -0.390 e. The molecule has 0 radical (unpaired) electrons. The predicted molar refractivity (Wildman–Crippen MR) is 35.2 cm³/mol. The maximum Gasteiger partial charge on any atom is 0.0823 e. The van der Waals surface area contributed by atoms with Crippen LogP contribution in [0.2, 0.25) is 0 Å². The normalized spacial score (nSPS) is 35.3. The van der Waals surface area contributed by atoms with Crippen LogP contribution in [0.15, 0.2) is 0 Å². The minimum atomic E-state index is -0.190. The molecule has 54 valence electrons. The number of hydrogen-bond acceptors (Lipinski definition) is 2. The van der Waals surface area contributed by atoms with Gasteiger partial charge in [0.2, 0.25) is 0 Å². The average Bonchev–Trinajstić information content (AvgIpc) is 2.18. The molecule has 1 aliphatic heterocycles. The van der Waals surface area contributed by atoms with Crippen LogP contribution in [0.4, 0.5) is 0 Å². The van der Waals surface area contributed by atoms with E-state index >= 15 is 0 Å². The molecule has 0 bridgehead atoms. The van der Waals surface area contributed by atoms with Crippen LogP contribution in [0.25, 0.3) is 0 Å². The molecule has 0 saturated carbocycles. The average molecular weight is 130 g/mol. The van der Waals surface area contributed by atoms with Gasteiger partial charge in [0, 0.05) is 5.92 Å². The second kappa shape index (κ2) is 3.18. The Hall–Kier alpha value is -0.0800. The highest BCUT2D eigenvalue weighted by Crippen LogP contribution is 2.18. The van der Waals surface area contributed by atoms with E-state index in [1.165, 1.54) is 0 Å². The van der Waals surface area contributed by atoms with Gasteiger partial charge in [0.25, 0.3) is 0 Å². The third kappa shape index (κ3) is 1.66. The molecule has 1 heterocycles.